The maximum absolute atomic E-state index is 10.1. The van der Waals surface area contributed by atoms with Crippen molar-refractivity contribution in [2.75, 3.05) is 6.61 Å². The molecule has 3 heteroatoms. The molecular weight excluding hydrogens is 312 g/mol. The van der Waals surface area contributed by atoms with Crippen molar-refractivity contribution in [3.05, 3.63) is 12.2 Å². The molecule has 1 aliphatic heterocycles. The summed E-state index contributed by atoms with van der Waals surface area (Å²) in [4.78, 5) is 0. The van der Waals surface area contributed by atoms with Gasteiger partial charge in [0.15, 0.2) is 5.79 Å². The highest BCUT2D eigenvalue weighted by molar-refractivity contribution is 4.85. The second kappa shape index (κ2) is 13.8. The minimum atomic E-state index is -0.545. The van der Waals surface area contributed by atoms with Crippen molar-refractivity contribution in [1.82, 2.24) is 0 Å². The van der Waals surface area contributed by atoms with Gasteiger partial charge in [0.1, 0.15) is 6.10 Å². The van der Waals surface area contributed by atoms with Gasteiger partial charge in [-0.2, -0.15) is 0 Å². The zero-order chi connectivity index (χ0) is 18.4. The van der Waals surface area contributed by atoms with Crippen LogP contribution in [0.4, 0.5) is 0 Å². The third kappa shape index (κ3) is 11.8. The fourth-order valence-electron chi connectivity index (χ4n) is 3.34. The highest BCUT2D eigenvalue weighted by Crippen LogP contribution is 2.25. The van der Waals surface area contributed by atoms with Gasteiger partial charge in [-0.3, -0.25) is 0 Å². The molecule has 148 valence electrons. The van der Waals surface area contributed by atoms with E-state index < -0.39 is 11.9 Å². The quantitative estimate of drug-likeness (QED) is 0.283. The molecule has 1 heterocycles. The second-order valence-corrected chi connectivity index (χ2v) is 7.95. The van der Waals surface area contributed by atoms with Crippen LogP contribution in [-0.2, 0) is 9.47 Å². The highest BCUT2D eigenvalue weighted by Gasteiger charge is 2.36. The molecule has 1 saturated heterocycles. The normalized spacial score (nSPS) is 21.2. The van der Waals surface area contributed by atoms with Gasteiger partial charge in [0.2, 0.25) is 0 Å². The van der Waals surface area contributed by atoms with Crippen molar-refractivity contribution in [2.45, 2.75) is 122 Å². The van der Waals surface area contributed by atoms with Crippen LogP contribution in [0.3, 0.4) is 0 Å². The van der Waals surface area contributed by atoms with Gasteiger partial charge in [0.25, 0.3) is 0 Å². The lowest BCUT2D eigenvalue weighted by molar-refractivity contribution is -0.151. The minimum absolute atomic E-state index is 0.176. The summed E-state index contributed by atoms with van der Waals surface area (Å²) in [6.07, 6.45) is 20.6. The van der Waals surface area contributed by atoms with Crippen LogP contribution in [0.15, 0.2) is 12.2 Å². The van der Waals surface area contributed by atoms with E-state index >= 15 is 0 Å². The summed E-state index contributed by atoms with van der Waals surface area (Å²) >= 11 is 0. The Kier molecular flexibility index (Phi) is 12.5. The summed E-state index contributed by atoms with van der Waals surface area (Å²) in [5, 5.41) is 10.1. The van der Waals surface area contributed by atoms with Gasteiger partial charge < -0.3 is 14.6 Å². The fraction of sp³-hybridized carbons (Fsp3) is 0.909. The highest BCUT2D eigenvalue weighted by atomic mass is 16.7. The third-order valence-corrected chi connectivity index (χ3v) is 4.98. The SMILES string of the molecule is CCCCCCCCCCCC/C=C/CC[C@H](O)[C@H]1COC(C)(C)O1. The smallest absolute Gasteiger partial charge is 0.163 e. The average Bonchev–Trinajstić information content (AvgIpc) is 2.95. The Balaban J connectivity index is 1.86. The minimum Gasteiger partial charge on any atom is -0.390 e. The van der Waals surface area contributed by atoms with E-state index in [2.05, 4.69) is 19.1 Å². The first-order valence-corrected chi connectivity index (χ1v) is 10.7. The molecular formula is C22H42O3. The largest absolute Gasteiger partial charge is 0.390 e. The molecule has 2 atom stereocenters. The number of unbranched alkanes of at least 4 members (excludes halogenated alkanes) is 10. The van der Waals surface area contributed by atoms with Crippen LogP contribution >= 0.6 is 0 Å². The molecule has 0 unspecified atom stereocenters. The lowest BCUT2D eigenvalue weighted by Gasteiger charge is -2.20. The van der Waals surface area contributed by atoms with Crippen molar-refractivity contribution in [3.8, 4) is 0 Å². The Labute approximate surface area is 156 Å². The summed E-state index contributed by atoms with van der Waals surface area (Å²) in [5.74, 6) is -0.545. The van der Waals surface area contributed by atoms with Gasteiger partial charge in [0.05, 0.1) is 12.7 Å². The predicted molar refractivity (Wildman–Crippen MR) is 106 cm³/mol. The molecule has 0 aromatic carbocycles. The van der Waals surface area contributed by atoms with E-state index in [1.54, 1.807) is 0 Å². The van der Waals surface area contributed by atoms with E-state index in [0.717, 1.165) is 12.8 Å². The Morgan fingerprint density at radius 3 is 2.04 bits per heavy atom. The van der Waals surface area contributed by atoms with Crippen molar-refractivity contribution in [1.29, 1.82) is 0 Å². The summed E-state index contributed by atoms with van der Waals surface area (Å²) in [6.45, 7) is 6.56. The maximum Gasteiger partial charge on any atom is 0.163 e. The van der Waals surface area contributed by atoms with Crippen LogP contribution < -0.4 is 0 Å². The molecule has 1 N–H and O–H groups in total. The summed E-state index contributed by atoms with van der Waals surface area (Å²) in [6, 6.07) is 0. The van der Waals surface area contributed by atoms with Crippen LogP contribution in [0, 0.1) is 0 Å². The number of allylic oxidation sites excluding steroid dienone is 2. The van der Waals surface area contributed by atoms with E-state index in [4.69, 9.17) is 9.47 Å². The first kappa shape index (κ1) is 22.7. The Morgan fingerprint density at radius 1 is 0.920 bits per heavy atom. The Morgan fingerprint density at radius 2 is 1.48 bits per heavy atom. The molecule has 25 heavy (non-hydrogen) atoms. The van der Waals surface area contributed by atoms with Crippen LogP contribution in [0.1, 0.15) is 104 Å². The number of hydrogen-bond donors (Lipinski definition) is 1. The average molecular weight is 355 g/mol. The van der Waals surface area contributed by atoms with E-state index in [0.29, 0.717) is 6.61 Å². The topological polar surface area (TPSA) is 38.7 Å². The molecule has 0 aromatic rings. The zero-order valence-corrected chi connectivity index (χ0v) is 17.0. The standard InChI is InChI=1S/C22H42O3/c1-4-5-6-7-8-9-10-11-12-13-14-15-16-17-18-20(23)21-19-24-22(2,3)25-21/h15-16,20-21,23H,4-14,17-19H2,1-3H3/b16-15+/t20-,21+/m0/s1. The fourth-order valence-corrected chi connectivity index (χ4v) is 3.34. The summed E-state index contributed by atoms with van der Waals surface area (Å²) in [7, 11) is 0. The molecule has 0 radical (unpaired) electrons. The molecule has 0 amide bonds. The van der Waals surface area contributed by atoms with Gasteiger partial charge in [-0.05, 0) is 39.5 Å². The van der Waals surface area contributed by atoms with Crippen molar-refractivity contribution in [3.63, 3.8) is 0 Å². The van der Waals surface area contributed by atoms with Gasteiger partial charge in [-0.1, -0.05) is 76.9 Å². The van der Waals surface area contributed by atoms with Gasteiger partial charge in [-0.15, -0.1) is 0 Å². The van der Waals surface area contributed by atoms with Crippen molar-refractivity contribution in [2.24, 2.45) is 0 Å². The number of rotatable bonds is 15. The molecule has 0 spiro atoms. The first-order valence-electron chi connectivity index (χ1n) is 10.7. The van der Waals surface area contributed by atoms with Gasteiger partial charge in [-0.25, -0.2) is 0 Å². The molecule has 0 aromatic heterocycles. The maximum atomic E-state index is 10.1. The molecule has 0 saturated carbocycles. The lowest BCUT2D eigenvalue weighted by atomic mass is 10.1. The lowest BCUT2D eigenvalue weighted by Crippen LogP contribution is -2.30. The number of hydrogen-bond acceptors (Lipinski definition) is 3. The molecule has 1 rings (SSSR count). The summed E-state index contributed by atoms with van der Waals surface area (Å²) < 4.78 is 11.2. The molecule has 3 nitrogen and oxygen atoms in total. The Hall–Kier alpha value is -0.380. The van der Waals surface area contributed by atoms with Crippen molar-refractivity contribution < 1.29 is 14.6 Å². The Bertz CT molecular complexity index is 338. The van der Waals surface area contributed by atoms with Gasteiger partial charge in [0, 0.05) is 0 Å². The van der Waals surface area contributed by atoms with E-state index in [9.17, 15) is 5.11 Å². The van der Waals surface area contributed by atoms with E-state index in [-0.39, 0.29) is 6.10 Å². The predicted octanol–water partition coefficient (Wildman–Crippen LogP) is 6.15. The van der Waals surface area contributed by atoms with Crippen LogP contribution in [0.2, 0.25) is 0 Å². The van der Waals surface area contributed by atoms with Gasteiger partial charge >= 0.3 is 0 Å². The number of ether oxygens (including phenoxy) is 2. The third-order valence-electron chi connectivity index (χ3n) is 4.98. The van der Waals surface area contributed by atoms with E-state index in [1.165, 1.54) is 70.6 Å². The van der Waals surface area contributed by atoms with Crippen LogP contribution in [-0.4, -0.2) is 29.7 Å². The molecule has 0 aliphatic carbocycles. The second-order valence-electron chi connectivity index (χ2n) is 7.95. The number of aliphatic hydroxyl groups excluding tert-OH is 1. The zero-order valence-electron chi connectivity index (χ0n) is 17.0. The molecule has 0 bridgehead atoms. The monoisotopic (exact) mass is 354 g/mol. The molecule has 1 fully saturated rings. The van der Waals surface area contributed by atoms with E-state index in [1.807, 2.05) is 13.8 Å². The van der Waals surface area contributed by atoms with Crippen molar-refractivity contribution >= 4 is 0 Å². The summed E-state index contributed by atoms with van der Waals surface area (Å²) in [5.41, 5.74) is 0. The van der Waals surface area contributed by atoms with Crippen LogP contribution in [0.5, 0.6) is 0 Å². The van der Waals surface area contributed by atoms with Crippen LogP contribution in [0.25, 0.3) is 0 Å². The molecule has 1 aliphatic rings. The number of aliphatic hydroxyl groups is 1. The first-order chi connectivity index (χ1) is 12.0.